The van der Waals surface area contributed by atoms with Gasteiger partial charge >= 0.3 is 11.7 Å². The molecule has 0 fully saturated rings. The van der Waals surface area contributed by atoms with Crippen LogP contribution in [0.2, 0.25) is 10.0 Å². The fraction of sp³-hybridized carbons (Fsp3) is 0.240. The van der Waals surface area contributed by atoms with Gasteiger partial charge in [-0.05, 0) is 54.4 Å². The maximum atomic E-state index is 13.3. The van der Waals surface area contributed by atoms with Crippen molar-refractivity contribution in [3.8, 4) is 5.75 Å². The maximum Gasteiger partial charge on any atom is 0.344 e. The minimum Gasteiger partial charge on any atom is -0.482 e. The van der Waals surface area contributed by atoms with Gasteiger partial charge in [0.1, 0.15) is 5.75 Å². The first-order valence-electron chi connectivity index (χ1n) is 11.5. The van der Waals surface area contributed by atoms with Crippen molar-refractivity contribution in [1.29, 1.82) is 0 Å². The summed E-state index contributed by atoms with van der Waals surface area (Å²) in [5.74, 6) is 0.332. The van der Waals surface area contributed by atoms with Crippen molar-refractivity contribution in [2.24, 2.45) is 19.2 Å². The summed E-state index contributed by atoms with van der Waals surface area (Å²) in [7, 11) is 3.18. The van der Waals surface area contributed by atoms with Gasteiger partial charge in [-0.25, -0.2) is 15.0 Å². The number of halogens is 2. The van der Waals surface area contributed by atoms with Gasteiger partial charge in [0, 0.05) is 24.1 Å². The Morgan fingerprint density at radius 3 is 2.53 bits per heavy atom. The molecule has 198 valence electrons. The fourth-order valence-electron chi connectivity index (χ4n) is 3.66. The molecule has 0 aliphatic rings. The standard InChI is InChI=1S/C25H24Cl2N6O5/c1-4-37-20(34)14-38-18-9-5-15(6-10-18)12-28-30-24-29-22-21(31(24)2)23(35)33(25(36)32(22)3)13-16-7-8-17(26)11-19(16)27/h5-12H,4,13-14H2,1-3H3,(H,29,30)/b28-12+. The molecule has 2 aromatic carbocycles. The van der Waals surface area contributed by atoms with Crippen molar-refractivity contribution < 1.29 is 14.3 Å². The number of carbonyl (C=O) groups excluding carboxylic acids is 1. The van der Waals surface area contributed by atoms with Gasteiger partial charge in [0.15, 0.2) is 17.8 Å². The molecule has 0 radical (unpaired) electrons. The number of nitrogens with zero attached hydrogens (tertiary/aromatic N) is 5. The maximum absolute atomic E-state index is 13.3. The highest BCUT2D eigenvalue weighted by Crippen LogP contribution is 2.21. The van der Waals surface area contributed by atoms with E-state index in [4.69, 9.17) is 32.7 Å². The second-order valence-electron chi connectivity index (χ2n) is 8.17. The molecule has 4 rings (SSSR count). The number of esters is 1. The van der Waals surface area contributed by atoms with E-state index in [9.17, 15) is 14.4 Å². The van der Waals surface area contributed by atoms with Crippen LogP contribution in [-0.2, 0) is 30.2 Å². The topological polar surface area (TPSA) is 122 Å². The number of rotatable bonds is 9. The first-order valence-corrected chi connectivity index (χ1v) is 12.2. The van der Waals surface area contributed by atoms with Gasteiger partial charge in [0.25, 0.3) is 5.56 Å². The number of anilines is 1. The molecule has 2 aromatic heterocycles. The highest BCUT2D eigenvalue weighted by atomic mass is 35.5. The number of imidazole rings is 1. The zero-order valence-corrected chi connectivity index (χ0v) is 22.3. The Balaban J connectivity index is 1.54. The summed E-state index contributed by atoms with van der Waals surface area (Å²) in [4.78, 5) is 42.1. The van der Waals surface area contributed by atoms with E-state index >= 15 is 0 Å². The zero-order valence-electron chi connectivity index (χ0n) is 20.8. The lowest BCUT2D eigenvalue weighted by atomic mass is 10.2. The van der Waals surface area contributed by atoms with Gasteiger partial charge in [-0.1, -0.05) is 29.3 Å². The molecule has 0 saturated heterocycles. The van der Waals surface area contributed by atoms with Gasteiger partial charge in [-0.15, -0.1) is 0 Å². The number of fused-ring (bicyclic) bond motifs is 1. The highest BCUT2D eigenvalue weighted by Gasteiger charge is 2.19. The largest absolute Gasteiger partial charge is 0.482 e. The third-order valence-electron chi connectivity index (χ3n) is 5.62. The number of carbonyl (C=O) groups is 1. The summed E-state index contributed by atoms with van der Waals surface area (Å²) in [6.07, 6.45) is 1.55. The van der Waals surface area contributed by atoms with Crippen LogP contribution in [0, 0.1) is 0 Å². The van der Waals surface area contributed by atoms with E-state index in [1.54, 1.807) is 62.7 Å². The van der Waals surface area contributed by atoms with Crippen LogP contribution in [0.3, 0.4) is 0 Å². The molecule has 38 heavy (non-hydrogen) atoms. The van der Waals surface area contributed by atoms with Crippen LogP contribution in [-0.4, -0.2) is 44.1 Å². The smallest absolute Gasteiger partial charge is 0.344 e. The monoisotopic (exact) mass is 558 g/mol. The van der Waals surface area contributed by atoms with Crippen LogP contribution < -0.4 is 21.4 Å². The van der Waals surface area contributed by atoms with Crippen molar-refractivity contribution in [3.63, 3.8) is 0 Å². The number of ether oxygens (including phenoxy) is 2. The van der Waals surface area contributed by atoms with E-state index < -0.39 is 17.2 Å². The molecule has 0 aliphatic heterocycles. The molecule has 13 heteroatoms. The van der Waals surface area contributed by atoms with Crippen LogP contribution in [0.25, 0.3) is 11.2 Å². The number of hydrogen-bond acceptors (Lipinski definition) is 8. The van der Waals surface area contributed by atoms with Crippen LogP contribution >= 0.6 is 23.2 Å². The lowest BCUT2D eigenvalue weighted by Crippen LogP contribution is -2.39. The van der Waals surface area contributed by atoms with Crippen molar-refractivity contribution in [3.05, 3.63) is 84.5 Å². The zero-order chi connectivity index (χ0) is 27.4. The molecule has 0 amide bonds. The normalized spacial score (nSPS) is 11.3. The Kier molecular flexibility index (Phi) is 8.18. The first-order chi connectivity index (χ1) is 18.2. The van der Waals surface area contributed by atoms with Gasteiger partial charge < -0.3 is 14.0 Å². The molecular weight excluding hydrogens is 535 g/mol. The van der Waals surface area contributed by atoms with E-state index in [0.29, 0.717) is 28.0 Å². The number of hydrazone groups is 1. The molecule has 0 atom stereocenters. The Bertz CT molecular complexity index is 1640. The minimum absolute atomic E-state index is 0.0248. The molecule has 0 aliphatic carbocycles. The third kappa shape index (κ3) is 5.74. The van der Waals surface area contributed by atoms with Gasteiger partial charge in [-0.3, -0.25) is 13.9 Å². The van der Waals surface area contributed by atoms with Crippen LogP contribution in [0.1, 0.15) is 18.1 Å². The van der Waals surface area contributed by atoms with Crippen molar-refractivity contribution in [1.82, 2.24) is 18.7 Å². The molecule has 1 N–H and O–H groups in total. The van der Waals surface area contributed by atoms with Gasteiger partial charge in [0.05, 0.1) is 19.4 Å². The molecule has 11 nitrogen and oxygen atoms in total. The molecule has 4 aromatic rings. The Morgan fingerprint density at radius 2 is 1.84 bits per heavy atom. The molecule has 0 spiro atoms. The van der Waals surface area contributed by atoms with E-state index in [1.165, 1.54) is 16.2 Å². The van der Waals surface area contributed by atoms with Crippen LogP contribution in [0.15, 0.2) is 57.2 Å². The summed E-state index contributed by atoms with van der Waals surface area (Å²) in [5.41, 5.74) is 3.51. The number of nitrogens with one attached hydrogen (secondary N) is 1. The van der Waals surface area contributed by atoms with E-state index in [-0.39, 0.29) is 30.3 Å². The van der Waals surface area contributed by atoms with Crippen LogP contribution in [0.5, 0.6) is 5.75 Å². The molecular formula is C25H24Cl2N6O5. The number of hydrogen-bond donors (Lipinski definition) is 1. The predicted octanol–water partition coefficient (Wildman–Crippen LogP) is 3.18. The van der Waals surface area contributed by atoms with E-state index in [2.05, 4.69) is 15.5 Å². The third-order valence-corrected chi connectivity index (χ3v) is 6.21. The second-order valence-corrected chi connectivity index (χ2v) is 9.01. The van der Waals surface area contributed by atoms with Crippen molar-refractivity contribution >= 4 is 52.5 Å². The molecule has 0 unspecified atom stereocenters. The van der Waals surface area contributed by atoms with Crippen molar-refractivity contribution in [2.75, 3.05) is 18.6 Å². The lowest BCUT2D eigenvalue weighted by molar-refractivity contribution is -0.145. The van der Waals surface area contributed by atoms with E-state index in [1.807, 2.05) is 0 Å². The highest BCUT2D eigenvalue weighted by molar-refractivity contribution is 6.35. The molecule has 2 heterocycles. The lowest BCUT2D eigenvalue weighted by Gasteiger charge is -2.10. The Labute approximate surface area is 226 Å². The molecule has 0 saturated carbocycles. The van der Waals surface area contributed by atoms with E-state index in [0.717, 1.165) is 10.1 Å². The summed E-state index contributed by atoms with van der Waals surface area (Å²) < 4.78 is 14.1. The summed E-state index contributed by atoms with van der Waals surface area (Å²) >= 11 is 12.2. The average Bonchev–Trinajstić information content (AvgIpc) is 3.22. The number of aromatic nitrogens is 4. The average molecular weight is 559 g/mol. The summed E-state index contributed by atoms with van der Waals surface area (Å²) in [5, 5.41) is 5.00. The fourth-order valence-corrected chi connectivity index (χ4v) is 4.13. The summed E-state index contributed by atoms with van der Waals surface area (Å²) in [6.45, 7) is 1.82. The number of benzene rings is 2. The molecule has 0 bridgehead atoms. The SMILES string of the molecule is CCOC(=O)COc1ccc(/C=N/Nc2nc3c(c(=O)n(Cc4ccc(Cl)cc4Cl)c(=O)n3C)n2C)cc1. The quantitative estimate of drug-likeness (QED) is 0.190. The Hall–Kier alpha value is -4.09. The summed E-state index contributed by atoms with van der Waals surface area (Å²) in [6, 6.07) is 11.8. The van der Waals surface area contributed by atoms with Crippen molar-refractivity contribution in [2.45, 2.75) is 13.5 Å². The van der Waals surface area contributed by atoms with Crippen LogP contribution in [0.4, 0.5) is 5.95 Å². The first kappa shape index (κ1) is 27.0. The minimum atomic E-state index is -0.535. The Morgan fingerprint density at radius 1 is 1.11 bits per heavy atom. The van der Waals surface area contributed by atoms with Gasteiger partial charge in [0.2, 0.25) is 5.95 Å². The number of aryl methyl sites for hydroxylation is 2. The predicted molar refractivity (Wildman–Crippen MR) is 146 cm³/mol. The second kappa shape index (κ2) is 11.5. The van der Waals surface area contributed by atoms with Gasteiger partial charge in [-0.2, -0.15) is 10.1 Å².